The van der Waals surface area contributed by atoms with Crippen molar-refractivity contribution in [2.24, 2.45) is 5.92 Å². The van der Waals surface area contributed by atoms with E-state index >= 15 is 0 Å². The number of nitrogens with zero attached hydrogens (tertiary/aromatic N) is 1. The number of unbranched alkanes of at least 4 members (excludes halogenated alkanes) is 10. The van der Waals surface area contributed by atoms with Gasteiger partial charge in [0.15, 0.2) is 12.2 Å². The summed E-state index contributed by atoms with van der Waals surface area (Å²) in [7, 11) is 0. The average Bonchev–Trinajstić information content (AvgIpc) is 3.37. The first-order chi connectivity index (χ1) is 21.2. The van der Waals surface area contributed by atoms with Gasteiger partial charge in [-0.05, 0) is 19.3 Å². The van der Waals surface area contributed by atoms with Crippen LogP contribution in [0.25, 0.3) is 0 Å². The van der Waals surface area contributed by atoms with E-state index in [1.54, 1.807) is 0 Å². The molecule has 0 aliphatic carbocycles. The first kappa shape index (κ1) is 39.2. The molecule has 11 nitrogen and oxygen atoms in total. The molecule has 1 amide bonds. The lowest BCUT2D eigenvalue weighted by atomic mass is 10.0. The molecule has 1 saturated heterocycles. The van der Waals surface area contributed by atoms with Crippen LogP contribution in [0.1, 0.15) is 130 Å². The largest absolute Gasteiger partial charge is 0.466 e. The molecule has 1 fully saturated rings. The molecule has 0 radical (unpaired) electrons. The van der Waals surface area contributed by atoms with Gasteiger partial charge in [0, 0.05) is 19.3 Å². The predicted molar refractivity (Wildman–Crippen MR) is 165 cm³/mol. The van der Waals surface area contributed by atoms with E-state index in [0.29, 0.717) is 13.0 Å². The molecule has 0 aromatic carbocycles. The highest BCUT2D eigenvalue weighted by molar-refractivity contribution is 5.74. The van der Waals surface area contributed by atoms with Gasteiger partial charge in [-0.15, -0.1) is 0 Å². The zero-order valence-corrected chi connectivity index (χ0v) is 27.6. The zero-order valence-electron chi connectivity index (χ0n) is 27.6. The van der Waals surface area contributed by atoms with E-state index in [1.807, 2.05) is 6.92 Å². The molecule has 1 heterocycles. The lowest BCUT2D eigenvalue weighted by Gasteiger charge is -2.20. The standard InChI is InChI=1S/C33H57NO10/c1-5-8-10-12-14-16-18-30(36)42-25-27(21-31(37)40-20-17-15-13-11-9-6-2)22-32(38)44-29-24-34(33(39)41-19-7-3)23-28(29)43-26(4)35/h27-29H,5-25H2,1-4H3. The van der Waals surface area contributed by atoms with Crippen LogP contribution in [0, 0.1) is 5.92 Å². The Kier molecular flexibility index (Phi) is 21.8. The third kappa shape index (κ3) is 18.7. The number of esters is 4. The molecule has 11 heteroatoms. The minimum atomic E-state index is -0.892. The summed E-state index contributed by atoms with van der Waals surface area (Å²) in [5.74, 6) is -2.70. The number of likely N-dealkylation sites (tertiary alicyclic amines) is 1. The quantitative estimate of drug-likeness (QED) is 0.0683. The summed E-state index contributed by atoms with van der Waals surface area (Å²) in [6, 6.07) is 0. The Labute approximate surface area is 264 Å². The van der Waals surface area contributed by atoms with Gasteiger partial charge in [0.1, 0.15) is 0 Å². The lowest BCUT2D eigenvalue weighted by molar-refractivity contribution is -0.164. The van der Waals surface area contributed by atoms with Gasteiger partial charge in [0.25, 0.3) is 0 Å². The van der Waals surface area contributed by atoms with Crippen molar-refractivity contribution in [1.29, 1.82) is 0 Å². The summed E-state index contributed by atoms with van der Waals surface area (Å²) in [5.41, 5.74) is 0. The Morgan fingerprint density at radius 2 is 1.18 bits per heavy atom. The Morgan fingerprint density at radius 1 is 0.614 bits per heavy atom. The maximum absolute atomic E-state index is 13.0. The van der Waals surface area contributed by atoms with E-state index in [-0.39, 0.29) is 51.5 Å². The van der Waals surface area contributed by atoms with Gasteiger partial charge in [-0.1, -0.05) is 85.0 Å². The van der Waals surface area contributed by atoms with Crippen molar-refractivity contribution in [3.8, 4) is 0 Å². The molecule has 254 valence electrons. The van der Waals surface area contributed by atoms with E-state index in [2.05, 4.69) is 13.8 Å². The lowest BCUT2D eigenvalue weighted by Crippen LogP contribution is -2.34. The van der Waals surface area contributed by atoms with Crippen molar-refractivity contribution in [1.82, 2.24) is 4.90 Å². The average molecular weight is 628 g/mol. The van der Waals surface area contributed by atoms with Crippen molar-refractivity contribution < 1.29 is 47.7 Å². The van der Waals surface area contributed by atoms with Crippen molar-refractivity contribution in [3.63, 3.8) is 0 Å². The molecule has 0 spiro atoms. The van der Waals surface area contributed by atoms with Gasteiger partial charge >= 0.3 is 30.0 Å². The van der Waals surface area contributed by atoms with Crippen LogP contribution in [-0.4, -0.2) is 80.0 Å². The van der Waals surface area contributed by atoms with E-state index in [0.717, 1.165) is 64.2 Å². The molecule has 3 atom stereocenters. The van der Waals surface area contributed by atoms with Crippen LogP contribution in [-0.2, 0) is 42.9 Å². The summed E-state index contributed by atoms with van der Waals surface area (Å²) in [4.78, 5) is 63.3. The normalized spacial score (nSPS) is 16.7. The number of amides is 1. The van der Waals surface area contributed by atoms with Crippen LogP contribution < -0.4 is 0 Å². The van der Waals surface area contributed by atoms with Gasteiger partial charge in [-0.3, -0.25) is 19.2 Å². The van der Waals surface area contributed by atoms with Crippen molar-refractivity contribution >= 4 is 30.0 Å². The monoisotopic (exact) mass is 627 g/mol. The molecule has 0 saturated carbocycles. The molecule has 0 bridgehead atoms. The van der Waals surface area contributed by atoms with E-state index in [4.69, 9.17) is 23.7 Å². The Bertz CT molecular complexity index is 848. The van der Waals surface area contributed by atoms with E-state index in [1.165, 1.54) is 24.7 Å². The Balaban J connectivity index is 2.71. The second-order valence-electron chi connectivity index (χ2n) is 11.7. The highest BCUT2D eigenvalue weighted by Crippen LogP contribution is 2.21. The number of carbonyl (C=O) groups excluding carboxylic acids is 5. The van der Waals surface area contributed by atoms with Crippen LogP contribution in [0.4, 0.5) is 4.79 Å². The molecule has 44 heavy (non-hydrogen) atoms. The molecule has 0 N–H and O–H groups in total. The van der Waals surface area contributed by atoms with Crippen LogP contribution in [0.2, 0.25) is 0 Å². The third-order valence-corrected chi connectivity index (χ3v) is 7.39. The summed E-state index contributed by atoms with van der Waals surface area (Å²) in [5, 5.41) is 0. The van der Waals surface area contributed by atoms with Crippen molar-refractivity contribution in [2.75, 3.05) is 32.9 Å². The molecular weight excluding hydrogens is 570 g/mol. The molecular formula is C33H57NO10. The maximum atomic E-state index is 13.0. The minimum Gasteiger partial charge on any atom is -0.466 e. The van der Waals surface area contributed by atoms with E-state index in [9.17, 15) is 24.0 Å². The van der Waals surface area contributed by atoms with Gasteiger partial charge in [-0.2, -0.15) is 0 Å². The highest BCUT2D eigenvalue weighted by atomic mass is 16.6. The Morgan fingerprint density at radius 3 is 1.80 bits per heavy atom. The van der Waals surface area contributed by atoms with Gasteiger partial charge in [0.05, 0.1) is 45.8 Å². The number of ether oxygens (including phenoxy) is 5. The fourth-order valence-electron chi connectivity index (χ4n) is 4.95. The third-order valence-electron chi connectivity index (χ3n) is 7.39. The number of hydrogen-bond acceptors (Lipinski definition) is 10. The second-order valence-corrected chi connectivity index (χ2v) is 11.7. The highest BCUT2D eigenvalue weighted by Gasteiger charge is 2.41. The molecule has 0 aromatic heterocycles. The van der Waals surface area contributed by atoms with Gasteiger partial charge < -0.3 is 28.6 Å². The topological polar surface area (TPSA) is 135 Å². The van der Waals surface area contributed by atoms with Crippen LogP contribution in [0.15, 0.2) is 0 Å². The Hall–Kier alpha value is -2.85. The van der Waals surface area contributed by atoms with Crippen molar-refractivity contribution in [3.05, 3.63) is 0 Å². The van der Waals surface area contributed by atoms with E-state index < -0.39 is 42.1 Å². The number of rotatable bonds is 24. The fourth-order valence-corrected chi connectivity index (χ4v) is 4.95. The zero-order chi connectivity index (χ0) is 32.6. The summed E-state index contributed by atoms with van der Waals surface area (Å²) < 4.78 is 26.9. The molecule has 0 aromatic rings. The summed E-state index contributed by atoms with van der Waals surface area (Å²) >= 11 is 0. The summed E-state index contributed by atoms with van der Waals surface area (Å²) in [6.45, 7) is 7.88. The first-order valence-electron chi connectivity index (χ1n) is 16.8. The first-order valence-corrected chi connectivity index (χ1v) is 16.8. The summed E-state index contributed by atoms with van der Waals surface area (Å²) in [6.07, 6.45) is 10.9. The second kappa shape index (κ2) is 24.5. The molecule has 1 aliphatic rings. The molecule has 1 rings (SSSR count). The van der Waals surface area contributed by atoms with Gasteiger partial charge in [0.2, 0.25) is 0 Å². The fraction of sp³-hybridized carbons (Fsp3) is 0.848. The number of carbonyl (C=O) groups is 5. The number of hydrogen-bond donors (Lipinski definition) is 0. The van der Waals surface area contributed by atoms with Crippen molar-refractivity contribution in [2.45, 2.75) is 143 Å². The maximum Gasteiger partial charge on any atom is 0.410 e. The predicted octanol–water partition coefficient (Wildman–Crippen LogP) is 6.29. The molecule has 3 unspecified atom stereocenters. The molecule has 1 aliphatic heterocycles. The SMILES string of the molecule is CCCCCCCCOC(=O)CC(COC(=O)CCCCCCCC)CC(=O)OC1CN(C(=O)OCCC)CC1OC(C)=O. The van der Waals surface area contributed by atoms with Crippen LogP contribution >= 0.6 is 0 Å². The van der Waals surface area contributed by atoms with Crippen LogP contribution in [0.5, 0.6) is 0 Å². The smallest absolute Gasteiger partial charge is 0.410 e. The van der Waals surface area contributed by atoms with Gasteiger partial charge in [-0.25, -0.2) is 4.79 Å². The van der Waals surface area contributed by atoms with Crippen LogP contribution in [0.3, 0.4) is 0 Å². The minimum absolute atomic E-state index is 0.00441.